The van der Waals surface area contributed by atoms with Gasteiger partial charge in [0.15, 0.2) is 0 Å². The molecular weight excluding hydrogens is 445 g/mol. The van der Waals surface area contributed by atoms with Crippen LogP contribution < -0.4 is 15.3 Å². The van der Waals surface area contributed by atoms with Gasteiger partial charge in [0.25, 0.3) is 5.97 Å². The highest BCUT2D eigenvalue weighted by molar-refractivity contribution is 5.78. The summed E-state index contributed by atoms with van der Waals surface area (Å²) in [6, 6.07) is 7.69. The highest BCUT2D eigenvalue weighted by atomic mass is 19.1. The highest BCUT2D eigenvalue weighted by Gasteiger charge is 2.37. The summed E-state index contributed by atoms with van der Waals surface area (Å²) < 4.78 is 20.7. The van der Waals surface area contributed by atoms with Gasteiger partial charge in [0.05, 0.1) is 18.2 Å². The van der Waals surface area contributed by atoms with Crippen molar-refractivity contribution in [2.24, 2.45) is 5.92 Å². The third kappa shape index (κ3) is 5.51. The lowest BCUT2D eigenvalue weighted by molar-refractivity contribution is -0.135. The van der Waals surface area contributed by atoms with Crippen molar-refractivity contribution in [1.29, 1.82) is 5.26 Å². The fourth-order valence-corrected chi connectivity index (χ4v) is 3.95. The Morgan fingerprint density at radius 2 is 2.00 bits per heavy atom. The molecule has 10 nitrogen and oxygen atoms in total. The predicted molar refractivity (Wildman–Crippen MR) is 120 cm³/mol. The highest BCUT2D eigenvalue weighted by Crippen LogP contribution is 2.29. The monoisotopic (exact) mass is 471 g/mol. The number of hydrogen-bond acceptors (Lipinski definition) is 7. The Morgan fingerprint density at radius 3 is 2.65 bits per heavy atom. The quantitative estimate of drug-likeness (QED) is 0.712. The van der Waals surface area contributed by atoms with Gasteiger partial charge in [-0.15, -0.1) is 0 Å². The van der Waals surface area contributed by atoms with E-state index in [1.165, 1.54) is 18.2 Å². The van der Waals surface area contributed by atoms with Gasteiger partial charge in [-0.2, -0.15) is 10.2 Å². The number of benzene rings is 1. The number of ether oxygens (including phenoxy) is 1. The van der Waals surface area contributed by atoms with E-state index >= 15 is 0 Å². The van der Waals surface area contributed by atoms with E-state index in [2.05, 4.69) is 9.88 Å². The minimum Gasteiger partial charge on any atom is -0.481 e. The molecule has 0 aliphatic carbocycles. The van der Waals surface area contributed by atoms with E-state index in [9.17, 15) is 14.0 Å². The maximum absolute atomic E-state index is 13.5. The second kappa shape index (κ2) is 10.3. The zero-order valence-electron chi connectivity index (χ0n) is 19.2. The standard InChI is InChI=1S/C21H22FN5O3.C2H4O2/c1-13(2)20(28)25-5-6-26-16(10-25)11-27-19(26)8-18(24-21(27)29)30-12-14-3-4-17(22)15(7-14)9-23;1-2(3)4/h3-4,7-8,13,16H,5-6,10-12H2,1-2H3;1H3,(H,3,4). The van der Waals surface area contributed by atoms with Crippen LogP contribution in [-0.2, 0) is 22.7 Å². The first-order chi connectivity index (χ1) is 16.1. The molecule has 1 aromatic heterocycles. The molecular formula is C23H26FN5O5. The zero-order valence-corrected chi connectivity index (χ0v) is 19.2. The molecule has 1 N–H and O–H groups in total. The normalized spacial score (nSPS) is 16.2. The molecule has 1 amide bonds. The maximum Gasteiger partial charge on any atom is 0.352 e. The van der Waals surface area contributed by atoms with Gasteiger partial charge in [0.1, 0.15) is 24.3 Å². The molecule has 0 bridgehead atoms. The first kappa shape index (κ1) is 24.7. The number of piperazine rings is 1. The molecule has 0 radical (unpaired) electrons. The molecule has 0 spiro atoms. The van der Waals surface area contributed by atoms with Gasteiger partial charge in [0, 0.05) is 38.5 Å². The molecule has 2 aliphatic rings. The molecule has 1 atom stereocenters. The summed E-state index contributed by atoms with van der Waals surface area (Å²) in [7, 11) is 0. The van der Waals surface area contributed by atoms with E-state index in [-0.39, 0.29) is 35.9 Å². The van der Waals surface area contributed by atoms with Crippen molar-refractivity contribution in [1.82, 2.24) is 14.5 Å². The van der Waals surface area contributed by atoms with Crippen molar-refractivity contribution in [3.05, 3.63) is 51.7 Å². The Kier molecular flexibility index (Phi) is 7.50. The van der Waals surface area contributed by atoms with E-state index in [0.717, 1.165) is 12.7 Å². The Bertz CT molecular complexity index is 1190. The van der Waals surface area contributed by atoms with E-state index in [1.807, 2.05) is 18.7 Å². The fourth-order valence-electron chi connectivity index (χ4n) is 3.95. The number of aliphatic carboxylic acids is 1. The minimum absolute atomic E-state index is 0.0292. The number of carboxylic acid groups (broad SMARTS) is 1. The first-order valence-electron chi connectivity index (χ1n) is 10.8. The van der Waals surface area contributed by atoms with Crippen molar-refractivity contribution >= 4 is 17.7 Å². The van der Waals surface area contributed by atoms with Crippen molar-refractivity contribution in [2.75, 3.05) is 24.5 Å². The number of nitrogens with zero attached hydrogens (tertiary/aromatic N) is 5. The second-order valence-electron chi connectivity index (χ2n) is 8.37. The van der Waals surface area contributed by atoms with Gasteiger partial charge in [-0.1, -0.05) is 19.9 Å². The minimum atomic E-state index is -0.833. The number of rotatable bonds is 4. The van der Waals surface area contributed by atoms with Gasteiger partial charge in [-0.05, 0) is 17.7 Å². The van der Waals surface area contributed by atoms with E-state index in [1.54, 1.807) is 16.7 Å². The van der Waals surface area contributed by atoms with Crippen LogP contribution in [0, 0.1) is 23.1 Å². The summed E-state index contributed by atoms with van der Waals surface area (Å²) in [5, 5.41) is 16.4. The lowest BCUT2D eigenvalue weighted by Gasteiger charge is -2.38. The summed E-state index contributed by atoms with van der Waals surface area (Å²) in [4.78, 5) is 41.8. The third-order valence-electron chi connectivity index (χ3n) is 5.48. The summed E-state index contributed by atoms with van der Waals surface area (Å²) in [6.45, 7) is 7.20. The van der Waals surface area contributed by atoms with Crippen LogP contribution in [-0.4, -0.2) is 57.1 Å². The fraction of sp³-hybridized carbons (Fsp3) is 0.435. The van der Waals surface area contributed by atoms with Crippen molar-refractivity contribution < 1.29 is 23.8 Å². The molecule has 2 aliphatic heterocycles. The number of carbonyl (C=O) groups excluding carboxylic acids is 1. The average Bonchev–Trinajstić information content (AvgIpc) is 3.16. The Morgan fingerprint density at radius 1 is 1.29 bits per heavy atom. The molecule has 4 rings (SSSR count). The third-order valence-corrected chi connectivity index (χ3v) is 5.48. The Hall–Kier alpha value is -3.94. The predicted octanol–water partition coefficient (Wildman–Crippen LogP) is 1.61. The average molecular weight is 471 g/mol. The van der Waals surface area contributed by atoms with Crippen LogP contribution >= 0.6 is 0 Å². The summed E-state index contributed by atoms with van der Waals surface area (Å²) in [5.41, 5.74) is 0.138. The van der Waals surface area contributed by atoms with Crippen LogP contribution in [0.15, 0.2) is 29.1 Å². The van der Waals surface area contributed by atoms with E-state index in [0.29, 0.717) is 31.7 Å². The molecule has 180 valence electrons. The lowest BCUT2D eigenvalue weighted by Crippen LogP contribution is -2.54. The molecule has 1 unspecified atom stereocenters. The van der Waals surface area contributed by atoms with Crippen LogP contribution in [0.5, 0.6) is 5.88 Å². The number of nitriles is 1. The summed E-state index contributed by atoms with van der Waals surface area (Å²) >= 11 is 0. The summed E-state index contributed by atoms with van der Waals surface area (Å²) in [5.74, 6) is -0.455. The Balaban J connectivity index is 0.000000751. The number of carboxylic acids is 1. The van der Waals surface area contributed by atoms with Crippen LogP contribution in [0.4, 0.5) is 10.2 Å². The van der Waals surface area contributed by atoms with Crippen LogP contribution in [0.25, 0.3) is 0 Å². The largest absolute Gasteiger partial charge is 0.481 e. The van der Waals surface area contributed by atoms with Gasteiger partial charge < -0.3 is 19.6 Å². The number of carbonyl (C=O) groups is 2. The molecule has 11 heteroatoms. The number of hydrogen-bond donors (Lipinski definition) is 1. The van der Waals surface area contributed by atoms with Gasteiger partial charge >= 0.3 is 5.69 Å². The Labute approximate surface area is 195 Å². The molecule has 34 heavy (non-hydrogen) atoms. The molecule has 1 fully saturated rings. The van der Waals surface area contributed by atoms with Crippen molar-refractivity contribution in [3.63, 3.8) is 0 Å². The lowest BCUT2D eigenvalue weighted by atomic mass is 10.1. The number of fused-ring (bicyclic) bond motifs is 3. The van der Waals surface area contributed by atoms with Gasteiger partial charge in [0.2, 0.25) is 11.8 Å². The van der Waals surface area contributed by atoms with Gasteiger partial charge in [-0.3, -0.25) is 14.2 Å². The molecule has 3 heterocycles. The summed E-state index contributed by atoms with van der Waals surface area (Å²) in [6.07, 6.45) is 0. The second-order valence-corrected chi connectivity index (χ2v) is 8.37. The zero-order chi connectivity index (χ0) is 25.0. The molecule has 1 saturated heterocycles. The van der Waals surface area contributed by atoms with Crippen LogP contribution in [0.1, 0.15) is 31.9 Å². The first-order valence-corrected chi connectivity index (χ1v) is 10.8. The van der Waals surface area contributed by atoms with E-state index in [4.69, 9.17) is 19.9 Å². The van der Waals surface area contributed by atoms with Crippen molar-refractivity contribution in [2.45, 2.75) is 40.0 Å². The maximum atomic E-state index is 13.5. The van der Waals surface area contributed by atoms with Crippen LogP contribution in [0.2, 0.25) is 0 Å². The van der Waals surface area contributed by atoms with Gasteiger partial charge in [-0.25, -0.2) is 9.18 Å². The van der Waals surface area contributed by atoms with Crippen LogP contribution in [0.3, 0.4) is 0 Å². The number of aromatic nitrogens is 2. The molecule has 2 aromatic rings. The topological polar surface area (TPSA) is 129 Å². The number of anilines is 1. The van der Waals surface area contributed by atoms with Crippen molar-refractivity contribution in [3.8, 4) is 11.9 Å². The molecule has 0 saturated carbocycles. The number of halogens is 1. The SMILES string of the molecule is CC(=O)O.CC(C)C(=O)N1CCN2c3cc(OCc4ccc(F)c(C#N)c4)nc(=O)n3CC2C1. The number of amides is 1. The smallest absolute Gasteiger partial charge is 0.352 e. The van der Waals surface area contributed by atoms with E-state index < -0.39 is 17.5 Å². The molecule has 1 aromatic carbocycles.